The second-order valence-electron chi connectivity index (χ2n) is 1.85. The predicted octanol–water partition coefficient (Wildman–Crippen LogP) is 1.69. The monoisotopic (exact) mass is 130 g/mol. The summed E-state index contributed by atoms with van der Waals surface area (Å²) in [5.74, 6) is -0.656. The van der Waals surface area contributed by atoms with Crippen molar-refractivity contribution >= 4 is 6.16 Å². The molecule has 3 heteroatoms. The fraction of sp³-hybridized carbons (Fsp3) is 0.500. The van der Waals surface area contributed by atoms with Crippen molar-refractivity contribution in [3.63, 3.8) is 0 Å². The lowest BCUT2D eigenvalue weighted by Gasteiger charge is -2.32. The molecular weight excluding hydrogens is 120 g/mol. The van der Waals surface area contributed by atoms with Crippen molar-refractivity contribution in [1.82, 2.24) is 0 Å². The molecule has 0 bridgehead atoms. The van der Waals surface area contributed by atoms with Crippen molar-refractivity contribution < 1.29 is 14.3 Å². The van der Waals surface area contributed by atoms with Crippen LogP contribution in [0.4, 0.5) is 4.79 Å². The van der Waals surface area contributed by atoms with E-state index in [0.29, 0.717) is 0 Å². The van der Waals surface area contributed by atoms with Crippen molar-refractivity contribution in [3.05, 3.63) is 13.2 Å². The first kappa shape index (κ1) is 8.01. The van der Waals surface area contributed by atoms with Crippen molar-refractivity contribution in [3.8, 4) is 0 Å². The summed E-state index contributed by atoms with van der Waals surface area (Å²) in [6, 6.07) is 0. The van der Waals surface area contributed by atoms with Gasteiger partial charge in [-0.2, -0.15) is 0 Å². The third-order valence-electron chi connectivity index (χ3n) is 0.658. The van der Waals surface area contributed by atoms with Crippen molar-refractivity contribution in [1.29, 1.82) is 0 Å². The largest absolute Gasteiger partial charge is 0.514 e. The SMILES string of the molecule is C=C.CC1(C)OC(=O)O1. The summed E-state index contributed by atoms with van der Waals surface area (Å²) >= 11 is 0. The van der Waals surface area contributed by atoms with Crippen LogP contribution in [0.3, 0.4) is 0 Å². The van der Waals surface area contributed by atoms with E-state index >= 15 is 0 Å². The summed E-state index contributed by atoms with van der Waals surface area (Å²) < 4.78 is 8.93. The second kappa shape index (κ2) is 2.53. The molecule has 0 amide bonds. The molecule has 1 heterocycles. The van der Waals surface area contributed by atoms with Gasteiger partial charge in [0, 0.05) is 13.8 Å². The Morgan fingerprint density at radius 1 is 1.33 bits per heavy atom. The van der Waals surface area contributed by atoms with Crippen LogP contribution in [0.25, 0.3) is 0 Å². The molecule has 9 heavy (non-hydrogen) atoms. The molecule has 1 saturated heterocycles. The number of hydrogen-bond acceptors (Lipinski definition) is 3. The highest BCUT2D eigenvalue weighted by Crippen LogP contribution is 2.22. The molecular formula is C6H10O3. The van der Waals surface area contributed by atoms with Crippen LogP contribution in [-0.4, -0.2) is 11.9 Å². The molecule has 0 aliphatic carbocycles. The normalized spacial score (nSPS) is 19.6. The Morgan fingerprint density at radius 2 is 1.67 bits per heavy atom. The summed E-state index contributed by atoms with van der Waals surface area (Å²) in [5.41, 5.74) is 0. The van der Waals surface area contributed by atoms with E-state index in [-0.39, 0.29) is 0 Å². The van der Waals surface area contributed by atoms with Crippen LogP contribution in [-0.2, 0) is 9.47 Å². The smallest absolute Gasteiger partial charge is 0.391 e. The van der Waals surface area contributed by atoms with Crippen LogP contribution in [0.15, 0.2) is 13.2 Å². The van der Waals surface area contributed by atoms with E-state index in [1.54, 1.807) is 13.8 Å². The Kier molecular flexibility index (Phi) is 2.25. The summed E-state index contributed by atoms with van der Waals surface area (Å²) in [7, 11) is 0. The molecule has 3 nitrogen and oxygen atoms in total. The first-order valence-corrected chi connectivity index (χ1v) is 2.52. The van der Waals surface area contributed by atoms with Crippen LogP contribution in [0.2, 0.25) is 0 Å². The van der Waals surface area contributed by atoms with Crippen LogP contribution in [0, 0.1) is 0 Å². The molecule has 1 aliphatic heterocycles. The van der Waals surface area contributed by atoms with Gasteiger partial charge in [0.1, 0.15) is 0 Å². The molecule has 0 saturated carbocycles. The Balaban J connectivity index is 0.000000291. The lowest BCUT2D eigenvalue weighted by Crippen LogP contribution is -2.44. The predicted molar refractivity (Wildman–Crippen MR) is 32.9 cm³/mol. The molecule has 0 aromatic rings. The number of carbonyl (C=O) groups excluding carboxylic acids is 1. The maximum Gasteiger partial charge on any atom is 0.514 e. The Hall–Kier alpha value is -0.990. The highest BCUT2D eigenvalue weighted by Gasteiger charge is 2.38. The number of ether oxygens (including phenoxy) is 2. The first-order chi connectivity index (χ1) is 4.10. The summed E-state index contributed by atoms with van der Waals surface area (Å²) in [6.45, 7) is 9.35. The van der Waals surface area contributed by atoms with Gasteiger partial charge < -0.3 is 9.47 Å². The number of carbonyl (C=O) groups is 1. The zero-order chi connectivity index (χ0) is 7.49. The van der Waals surface area contributed by atoms with E-state index in [0.717, 1.165) is 0 Å². The summed E-state index contributed by atoms with van der Waals surface area (Å²) in [4.78, 5) is 9.87. The molecule has 0 aromatic heterocycles. The number of rotatable bonds is 0. The maximum atomic E-state index is 9.87. The van der Waals surface area contributed by atoms with E-state index in [4.69, 9.17) is 0 Å². The number of cyclic esters (lactones) is 2. The molecule has 0 aromatic carbocycles. The van der Waals surface area contributed by atoms with Gasteiger partial charge >= 0.3 is 6.16 Å². The van der Waals surface area contributed by atoms with E-state index in [1.165, 1.54) is 0 Å². The summed E-state index contributed by atoms with van der Waals surface area (Å²) in [5, 5.41) is 0. The van der Waals surface area contributed by atoms with Gasteiger partial charge in [0.2, 0.25) is 0 Å². The molecule has 0 spiro atoms. The fourth-order valence-electron chi connectivity index (χ4n) is 0.409. The van der Waals surface area contributed by atoms with Crippen molar-refractivity contribution in [2.45, 2.75) is 19.6 Å². The Morgan fingerprint density at radius 3 is 1.67 bits per heavy atom. The van der Waals surface area contributed by atoms with E-state index in [9.17, 15) is 4.79 Å². The topological polar surface area (TPSA) is 35.5 Å². The lowest BCUT2D eigenvalue weighted by atomic mass is 10.4. The molecule has 1 fully saturated rings. The van der Waals surface area contributed by atoms with Gasteiger partial charge in [-0.05, 0) is 0 Å². The molecule has 0 N–H and O–H groups in total. The molecule has 1 aliphatic rings. The third-order valence-corrected chi connectivity index (χ3v) is 0.658. The third kappa shape index (κ3) is 2.17. The number of hydrogen-bond donors (Lipinski definition) is 0. The average molecular weight is 130 g/mol. The van der Waals surface area contributed by atoms with Gasteiger partial charge in [0.25, 0.3) is 5.79 Å². The quantitative estimate of drug-likeness (QED) is 0.369. The minimum absolute atomic E-state index is 0.579. The zero-order valence-corrected chi connectivity index (χ0v) is 5.64. The van der Waals surface area contributed by atoms with E-state index in [2.05, 4.69) is 22.6 Å². The van der Waals surface area contributed by atoms with Crippen LogP contribution in [0.5, 0.6) is 0 Å². The zero-order valence-electron chi connectivity index (χ0n) is 5.64. The summed E-state index contributed by atoms with van der Waals surface area (Å²) in [6.07, 6.45) is -0.579. The molecule has 0 atom stereocenters. The van der Waals surface area contributed by atoms with Crippen LogP contribution < -0.4 is 0 Å². The van der Waals surface area contributed by atoms with Gasteiger partial charge in [-0.1, -0.05) is 0 Å². The minimum atomic E-state index is -0.656. The Labute approximate surface area is 54.3 Å². The van der Waals surface area contributed by atoms with E-state index < -0.39 is 11.9 Å². The minimum Gasteiger partial charge on any atom is -0.391 e. The molecule has 1 rings (SSSR count). The van der Waals surface area contributed by atoms with Crippen LogP contribution in [0.1, 0.15) is 13.8 Å². The Bertz CT molecular complexity index is 107. The standard InChI is InChI=1S/C4H6O3.C2H4/c1-4(2)6-3(5)7-4;1-2/h1-2H3;1-2H2. The highest BCUT2D eigenvalue weighted by molar-refractivity contribution is 5.65. The fourth-order valence-corrected chi connectivity index (χ4v) is 0.409. The lowest BCUT2D eigenvalue weighted by molar-refractivity contribution is -0.248. The van der Waals surface area contributed by atoms with Gasteiger partial charge in [-0.15, -0.1) is 13.2 Å². The van der Waals surface area contributed by atoms with Gasteiger partial charge in [0.15, 0.2) is 0 Å². The van der Waals surface area contributed by atoms with Crippen molar-refractivity contribution in [2.24, 2.45) is 0 Å². The van der Waals surface area contributed by atoms with Crippen LogP contribution >= 0.6 is 0 Å². The van der Waals surface area contributed by atoms with Gasteiger partial charge in [-0.3, -0.25) is 0 Å². The maximum absolute atomic E-state index is 9.87. The van der Waals surface area contributed by atoms with Crippen molar-refractivity contribution in [2.75, 3.05) is 0 Å². The van der Waals surface area contributed by atoms with Gasteiger partial charge in [-0.25, -0.2) is 4.79 Å². The van der Waals surface area contributed by atoms with Gasteiger partial charge in [0.05, 0.1) is 0 Å². The highest BCUT2D eigenvalue weighted by atomic mass is 16.9. The molecule has 0 radical (unpaired) electrons. The van der Waals surface area contributed by atoms with E-state index in [1.807, 2.05) is 0 Å². The first-order valence-electron chi connectivity index (χ1n) is 2.52. The molecule has 0 unspecified atom stereocenters. The molecule has 52 valence electrons. The second-order valence-corrected chi connectivity index (χ2v) is 1.85. The average Bonchev–Trinajstić information content (AvgIpc) is 1.67.